The lowest BCUT2D eigenvalue weighted by Gasteiger charge is -2.37. The van der Waals surface area contributed by atoms with E-state index in [1.807, 2.05) is 13.0 Å². The number of nitrogens with zero attached hydrogens (tertiary/aromatic N) is 3. The van der Waals surface area contributed by atoms with Crippen molar-refractivity contribution in [2.24, 2.45) is 11.8 Å². The summed E-state index contributed by atoms with van der Waals surface area (Å²) in [7, 11) is -0.410. The standard InChI is InChI=1S/C19H27N3O4S/c1-4-15-14-22(11-9-16(15)13-19(23)21(2)12-10-20)27(24,25)18-7-5-17(26-3)6-8-18/h5-8,15-16H,4,9,11-14H2,1-3H3. The zero-order chi connectivity index (χ0) is 20.0. The zero-order valence-corrected chi connectivity index (χ0v) is 16.9. The van der Waals surface area contributed by atoms with Gasteiger partial charge in [-0.15, -0.1) is 0 Å². The molecule has 1 aromatic rings. The molecule has 0 bridgehead atoms. The van der Waals surface area contributed by atoms with Crippen LogP contribution in [0.3, 0.4) is 0 Å². The van der Waals surface area contributed by atoms with Gasteiger partial charge in [-0.2, -0.15) is 9.57 Å². The quantitative estimate of drug-likeness (QED) is 0.662. The zero-order valence-electron chi connectivity index (χ0n) is 16.1. The summed E-state index contributed by atoms with van der Waals surface area (Å²) >= 11 is 0. The first kappa shape index (κ1) is 21.2. The third-order valence-corrected chi connectivity index (χ3v) is 7.13. The molecular weight excluding hydrogens is 366 g/mol. The van der Waals surface area contributed by atoms with Gasteiger partial charge >= 0.3 is 0 Å². The van der Waals surface area contributed by atoms with Crippen molar-refractivity contribution in [1.82, 2.24) is 9.21 Å². The molecule has 1 heterocycles. The van der Waals surface area contributed by atoms with Crippen molar-refractivity contribution in [2.45, 2.75) is 31.1 Å². The van der Waals surface area contributed by atoms with Crippen LogP contribution in [-0.2, 0) is 14.8 Å². The number of piperidine rings is 1. The highest BCUT2D eigenvalue weighted by molar-refractivity contribution is 7.89. The van der Waals surface area contributed by atoms with E-state index in [0.717, 1.165) is 6.42 Å². The van der Waals surface area contributed by atoms with Crippen molar-refractivity contribution in [3.63, 3.8) is 0 Å². The number of ether oxygens (including phenoxy) is 1. The van der Waals surface area contributed by atoms with Crippen molar-refractivity contribution >= 4 is 15.9 Å². The molecule has 0 spiro atoms. The molecule has 0 saturated carbocycles. The number of carbonyl (C=O) groups is 1. The maximum Gasteiger partial charge on any atom is 0.243 e. The lowest BCUT2D eigenvalue weighted by molar-refractivity contribution is -0.131. The Labute approximate surface area is 161 Å². The molecule has 2 rings (SSSR count). The molecule has 0 aromatic heterocycles. The Hall–Kier alpha value is -2.11. The number of carbonyl (C=O) groups excluding carboxylic acids is 1. The minimum absolute atomic E-state index is 0.0635. The van der Waals surface area contributed by atoms with E-state index in [2.05, 4.69) is 0 Å². The Morgan fingerprint density at radius 1 is 1.33 bits per heavy atom. The van der Waals surface area contributed by atoms with Crippen LogP contribution in [-0.4, -0.2) is 57.3 Å². The van der Waals surface area contributed by atoms with E-state index < -0.39 is 10.0 Å². The number of methoxy groups -OCH3 is 1. The average Bonchev–Trinajstić information content (AvgIpc) is 2.68. The van der Waals surface area contributed by atoms with E-state index in [4.69, 9.17) is 10.00 Å². The first-order valence-corrected chi connectivity index (χ1v) is 10.5. The number of amides is 1. The number of hydrogen-bond donors (Lipinski definition) is 0. The minimum Gasteiger partial charge on any atom is -0.497 e. The third-order valence-electron chi connectivity index (χ3n) is 5.25. The van der Waals surface area contributed by atoms with Crippen LogP contribution >= 0.6 is 0 Å². The van der Waals surface area contributed by atoms with E-state index >= 15 is 0 Å². The molecule has 7 nitrogen and oxygen atoms in total. The summed E-state index contributed by atoms with van der Waals surface area (Å²) in [4.78, 5) is 13.9. The SMILES string of the molecule is CCC1CN(S(=O)(=O)c2ccc(OC)cc2)CCC1CC(=O)N(C)CC#N. The van der Waals surface area contributed by atoms with Crippen molar-refractivity contribution in [1.29, 1.82) is 5.26 Å². The van der Waals surface area contributed by atoms with Crippen LogP contribution in [0, 0.1) is 23.2 Å². The second-order valence-electron chi connectivity index (χ2n) is 6.87. The van der Waals surface area contributed by atoms with Crippen LogP contribution in [0.2, 0.25) is 0 Å². The van der Waals surface area contributed by atoms with E-state index in [9.17, 15) is 13.2 Å². The predicted molar refractivity (Wildman–Crippen MR) is 102 cm³/mol. The number of benzene rings is 1. The molecule has 1 aromatic carbocycles. The molecule has 1 saturated heterocycles. The second kappa shape index (κ2) is 9.20. The van der Waals surface area contributed by atoms with Gasteiger partial charge in [0.05, 0.1) is 18.1 Å². The Morgan fingerprint density at radius 3 is 2.56 bits per heavy atom. The van der Waals surface area contributed by atoms with Gasteiger partial charge < -0.3 is 9.64 Å². The van der Waals surface area contributed by atoms with Gasteiger partial charge in [-0.3, -0.25) is 4.79 Å². The number of rotatable bonds is 7. The monoisotopic (exact) mass is 393 g/mol. The predicted octanol–water partition coefficient (Wildman–Crippen LogP) is 2.10. The molecule has 2 atom stereocenters. The number of sulfonamides is 1. The van der Waals surface area contributed by atoms with E-state index in [-0.39, 0.29) is 29.2 Å². The van der Waals surface area contributed by atoms with Crippen LogP contribution in [0.1, 0.15) is 26.2 Å². The van der Waals surface area contributed by atoms with Crippen LogP contribution in [0.5, 0.6) is 5.75 Å². The molecule has 1 amide bonds. The Kier molecular flexibility index (Phi) is 7.22. The fourth-order valence-electron chi connectivity index (χ4n) is 3.47. The molecule has 0 radical (unpaired) electrons. The molecule has 1 aliphatic heterocycles. The van der Waals surface area contributed by atoms with Gasteiger partial charge in [-0.1, -0.05) is 13.3 Å². The molecule has 8 heteroatoms. The maximum absolute atomic E-state index is 12.9. The fourth-order valence-corrected chi connectivity index (χ4v) is 4.98. The van der Waals surface area contributed by atoms with Crippen LogP contribution in [0.15, 0.2) is 29.2 Å². The summed E-state index contributed by atoms with van der Waals surface area (Å²) in [6.45, 7) is 2.89. The summed E-state index contributed by atoms with van der Waals surface area (Å²) in [6.07, 6.45) is 1.79. The summed E-state index contributed by atoms with van der Waals surface area (Å²) in [6, 6.07) is 8.37. The van der Waals surface area contributed by atoms with Crippen LogP contribution in [0.25, 0.3) is 0 Å². The van der Waals surface area contributed by atoms with Gasteiger partial charge in [0.25, 0.3) is 0 Å². The Bertz CT molecular complexity index is 786. The van der Waals surface area contributed by atoms with Gasteiger partial charge in [0, 0.05) is 26.6 Å². The van der Waals surface area contributed by atoms with Gasteiger partial charge in [0.15, 0.2) is 0 Å². The summed E-state index contributed by atoms with van der Waals surface area (Å²) < 4.78 is 32.5. The highest BCUT2D eigenvalue weighted by Gasteiger charge is 2.35. The van der Waals surface area contributed by atoms with Gasteiger partial charge in [-0.25, -0.2) is 8.42 Å². The first-order valence-electron chi connectivity index (χ1n) is 9.08. The lowest BCUT2D eigenvalue weighted by Crippen LogP contribution is -2.44. The largest absolute Gasteiger partial charge is 0.497 e. The highest BCUT2D eigenvalue weighted by Crippen LogP contribution is 2.32. The smallest absolute Gasteiger partial charge is 0.243 e. The summed E-state index contributed by atoms with van der Waals surface area (Å²) in [5.74, 6) is 0.794. The number of nitriles is 1. The third kappa shape index (κ3) is 4.99. The average molecular weight is 394 g/mol. The normalized spacial score (nSPS) is 20.7. The first-order chi connectivity index (χ1) is 12.8. The topological polar surface area (TPSA) is 90.7 Å². The number of hydrogen-bond acceptors (Lipinski definition) is 5. The fraction of sp³-hybridized carbons (Fsp3) is 0.579. The van der Waals surface area contributed by atoms with Crippen molar-refractivity contribution in [3.05, 3.63) is 24.3 Å². The molecule has 1 fully saturated rings. The molecule has 0 aliphatic carbocycles. The van der Waals surface area contributed by atoms with Gasteiger partial charge in [-0.05, 0) is 42.5 Å². The molecule has 1 aliphatic rings. The Balaban J connectivity index is 2.08. The molecular formula is C19H27N3O4S. The molecule has 2 unspecified atom stereocenters. The van der Waals surface area contributed by atoms with E-state index in [1.165, 1.54) is 16.3 Å². The van der Waals surface area contributed by atoms with Crippen molar-refractivity contribution < 1.29 is 17.9 Å². The molecule has 148 valence electrons. The van der Waals surface area contributed by atoms with E-state index in [0.29, 0.717) is 31.7 Å². The summed E-state index contributed by atoms with van der Waals surface area (Å²) in [5, 5.41) is 8.73. The lowest BCUT2D eigenvalue weighted by atomic mass is 9.82. The maximum atomic E-state index is 12.9. The summed E-state index contributed by atoms with van der Waals surface area (Å²) in [5.41, 5.74) is 0. The second-order valence-corrected chi connectivity index (χ2v) is 8.81. The Morgan fingerprint density at radius 2 is 2.00 bits per heavy atom. The molecule has 0 N–H and O–H groups in total. The van der Waals surface area contributed by atoms with Crippen molar-refractivity contribution in [2.75, 3.05) is 33.8 Å². The van der Waals surface area contributed by atoms with Gasteiger partial charge in [0.2, 0.25) is 15.9 Å². The van der Waals surface area contributed by atoms with Crippen LogP contribution < -0.4 is 4.74 Å². The highest BCUT2D eigenvalue weighted by atomic mass is 32.2. The van der Waals surface area contributed by atoms with Crippen molar-refractivity contribution in [3.8, 4) is 11.8 Å². The van der Waals surface area contributed by atoms with Crippen LogP contribution in [0.4, 0.5) is 0 Å². The molecule has 27 heavy (non-hydrogen) atoms. The van der Waals surface area contributed by atoms with E-state index in [1.54, 1.807) is 31.3 Å². The minimum atomic E-state index is -3.57. The van der Waals surface area contributed by atoms with Gasteiger partial charge in [0.1, 0.15) is 12.3 Å².